The van der Waals surface area contributed by atoms with Crippen LogP contribution in [0.15, 0.2) is 30.5 Å². The van der Waals surface area contributed by atoms with Crippen LogP contribution in [0.25, 0.3) is 10.9 Å². The summed E-state index contributed by atoms with van der Waals surface area (Å²) < 4.78 is 1.99. The summed E-state index contributed by atoms with van der Waals surface area (Å²) >= 11 is 0. The number of aliphatic carboxylic acids is 1. The van der Waals surface area contributed by atoms with Gasteiger partial charge in [0.25, 0.3) is 0 Å². The Morgan fingerprint density at radius 1 is 1.41 bits per heavy atom. The number of nitriles is 1. The monoisotopic (exact) mass is 228 g/mol. The van der Waals surface area contributed by atoms with Gasteiger partial charge in [-0.2, -0.15) is 5.26 Å². The summed E-state index contributed by atoms with van der Waals surface area (Å²) in [6.07, 6.45) is 2.65. The lowest BCUT2D eigenvalue weighted by atomic mass is 10.1. The van der Waals surface area contributed by atoms with Gasteiger partial charge in [-0.05, 0) is 24.6 Å². The molecule has 0 unspecified atom stereocenters. The first-order valence-corrected chi connectivity index (χ1v) is 5.42. The van der Waals surface area contributed by atoms with Crippen LogP contribution in [-0.2, 0) is 11.3 Å². The highest BCUT2D eigenvalue weighted by Crippen LogP contribution is 2.20. The van der Waals surface area contributed by atoms with Crippen LogP contribution in [0.4, 0.5) is 0 Å². The second-order valence-electron chi connectivity index (χ2n) is 3.86. The van der Waals surface area contributed by atoms with E-state index in [-0.39, 0.29) is 6.42 Å². The molecule has 0 spiro atoms. The zero-order valence-corrected chi connectivity index (χ0v) is 9.26. The van der Waals surface area contributed by atoms with Gasteiger partial charge in [-0.1, -0.05) is 6.07 Å². The van der Waals surface area contributed by atoms with Gasteiger partial charge in [0.1, 0.15) is 0 Å². The Hall–Kier alpha value is -2.28. The molecule has 0 saturated carbocycles. The predicted molar refractivity (Wildman–Crippen MR) is 63.5 cm³/mol. The first-order chi connectivity index (χ1) is 8.22. The van der Waals surface area contributed by atoms with Crippen molar-refractivity contribution in [2.24, 2.45) is 0 Å². The molecule has 0 aliphatic rings. The molecule has 0 fully saturated rings. The van der Waals surface area contributed by atoms with Crippen molar-refractivity contribution in [3.05, 3.63) is 36.0 Å². The lowest BCUT2D eigenvalue weighted by Crippen LogP contribution is -2.00. The number of carbonyl (C=O) groups is 1. The highest BCUT2D eigenvalue weighted by Gasteiger charge is 2.05. The minimum Gasteiger partial charge on any atom is -0.481 e. The van der Waals surface area contributed by atoms with E-state index in [0.717, 1.165) is 10.9 Å². The molecule has 1 N–H and O–H groups in total. The highest BCUT2D eigenvalue weighted by molar-refractivity contribution is 5.85. The van der Waals surface area contributed by atoms with Crippen LogP contribution < -0.4 is 0 Å². The normalized spacial score (nSPS) is 10.3. The summed E-state index contributed by atoms with van der Waals surface area (Å²) in [6, 6.07) is 9.61. The van der Waals surface area contributed by atoms with Crippen molar-refractivity contribution in [3.8, 4) is 6.07 Å². The standard InChI is InChI=1S/C13H12N2O2/c14-9-10-3-1-4-12-11(10)6-8-15(12)7-2-5-13(16)17/h1,3-4,6,8H,2,5,7H2,(H,16,17). The Labute approximate surface area is 98.7 Å². The number of hydrogen-bond acceptors (Lipinski definition) is 2. The fourth-order valence-electron chi connectivity index (χ4n) is 1.92. The third-order valence-corrected chi connectivity index (χ3v) is 2.72. The molecule has 0 atom stereocenters. The second-order valence-corrected chi connectivity index (χ2v) is 3.86. The third-order valence-electron chi connectivity index (χ3n) is 2.72. The SMILES string of the molecule is N#Cc1cccc2c1ccn2CCCC(=O)O. The van der Waals surface area contributed by atoms with Crippen LogP contribution in [0.2, 0.25) is 0 Å². The van der Waals surface area contributed by atoms with Gasteiger partial charge in [-0.3, -0.25) is 4.79 Å². The van der Waals surface area contributed by atoms with Gasteiger partial charge < -0.3 is 9.67 Å². The Morgan fingerprint density at radius 2 is 2.24 bits per heavy atom. The summed E-state index contributed by atoms with van der Waals surface area (Å²) in [5.74, 6) is -0.779. The topological polar surface area (TPSA) is 66.0 Å². The number of benzene rings is 1. The Morgan fingerprint density at radius 3 is 2.94 bits per heavy atom. The van der Waals surface area contributed by atoms with Crippen LogP contribution in [0, 0.1) is 11.3 Å². The van der Waals surface area contributed by atoms with Crippen LogP contribution in [0.5, 0.6) is 0 Å². The lowest BCUT2D eigenvalue weighted by molar-refractivity contribution is -0.137. The average Bonchev–Trinajstić information content (AvgIpc) is 2.72. The number of carboxylic acid groups (broad SMARTS) is 1. The van der Waals surface area contributed by atoms with Crippen molar-refractivity contribution in [1.29, 1.82) is 5.26 Å². The Balaban J connectivity index is 2.25. The van der Waals surface area contributed by atoms with E-state index in [1.54, 1.807) is 6.07 Å². The molecule has 2 aromatic rings. The zero-order valence-electron chi connectivity index (χ0n) is 9.26. The molecule has 0 radical (unpaired) electrons. The highest BCUT2D eigenvalue weighted by atomic mass is 16.4. The van der Waals surface area contributed by atoms with E-state index in [0.29, 0.717) is 18.5 Å². The smallest absolute Gasteiger partial charge is 0.303 e. The summed E-state index contributed by atoms with van der Waals surface area (Å²) in [7, 11) is 0. The molecule has 86 valence electrons. The van der Waals surface area contributed by atoms with Crippen molar-refractivity contribution in [2.45, 2.75) is 19.4 Å². The van der Waals surface area contributed by atoms with Gasteiger partial charge in [0, 0.05) is 30.1 Å². The number of aromatic nitrogens is 1. The molecule has 17 heavy (non-hydrogen) atoms. The summed E-state index contributed by atoms with van der Waals surface area (Å²) in [5, 5.41) is 18.5. The summed E-state index contributed by atoms with van der Waals surface area (Å²) in [4.78, 5) is 10.4. The van der Waals surface area contributed by atoms with Gasteiger partial charge in [0.2, 0.25) is 0 Å². The maximum absolute atomic E-state index is 10.4. The second kappa shape index (κ2) is 4.71. The first kappa shape index (κ1) is 11.2. The fraction of sp³-hybridized carbons (Fsp3) is 0.231. The van der Waals surface area contributed by atoms with Crippen molar-refractivity contribution in [3.63, 3.8) is 0 Å². The summed E-state index contributed by atoms with van der Waals surface area (Å²) in [6.45, 7) is 0.657. The minimum atomic E-state index is -0.779. The molecule has 1 aromatic heterocycles. The van der Waals surface area contributed by atoms with E-state index in [4.69, 9.17) is 10.4 Å². The molecule has 0 amide bonds. The van der Waals surface area contributed by atoms with Crippen LogP contribution >= 0.6 is 0 Å². The van der Waals surface area contributed by atoms with Crippen LogP contribution in [0.3, 0.4) is 0 Å². The van der Waals surface area contributed by atoms with Gasteiger partial charge in [0.15, 0.2) is 0 Å². The molecule has 0 aliphatic heterocycles. The van der Waals surface area contributed by atoms with E-state index < -0.39 is 5.97 Å². The summed E-state index contributed by atoms with van der Waals surface area (Å²) in [5.41, 5.74) is 1.63. The van der Waals surface area contributed by atoms with E-state index in [1.165, 1.54) is 0 Å². The molecule has 1 aromatic carbocycles. The Bertz CT molecular complexity index is 593. The number of nitrogens with zero attached hydrogens (tertiary/aromatic N) is 2. The van der Waals surface area contributed by atoms with Crippen molar-refractivity contribution in [1.82, 2.24) is 4.57 Å². The molecule has 2 rings (SSSR count). The van der Waals surface area contributed by atoms with Gasteiger partial charge in [0.05, 0.1) is 11.6 Å². The number of rotatable bonds is 4. The molecule has 0 bridgehead atoms. The van der Waals surface area contributed by atoms with Crippen LogP contribution in [-0.4, -0.2) is 15.6 Å². The van der Waals surface area contributed by atoms with E-state index in [2.05, 4.69) is 6.07 Å². The predicted octanol–water partition coefficient (Wildman–Crippen LogP) is 2.38. The molecular formula is C13H12N2O2. The van der Waals surface area contributed by atoms with E-state index in [9.17, 15) is 4.79 Å². The first-order valence-electron chi connectivity index (χ1n) is 5.42. The number of hydrogen-bond donors (Lipinski definition) is 1. The van der Waals surface area contributed by atoms with E-state index >= 15 is 0 Å². The third kappa shape index (κ3) is 2.28. The number of fused-ring (bicyclic) bond motifs is 1. The number of aryl methyl sites for hydroxylation is 1. The molecular weight excluding hydrogens is 216 g/mol. The molecule has 1 heterocycles. The average molecular weight is 228 g/mol. The molecule has 0 aliphatic carbocycles. The van der Waals surface area contributed by atoms with Crippen molar-refractivity contribution < 1.29 is 9.90 Å². The molecule has 4 nitrogen and oxygen atoms in total. The lowest BCUT2D eigenvalue weighted by Gasteiger charge is -2.04. The Kier molecular flexibility index (Phi) is 3.10. The quantitative estimate of drug-likeness (QED) is 0.873. The maximum Gasteiger partial charge on any atom is 0.303 e. The minimum absolute atomic E-state index is 0.164. The number of carboxylic acids is 1. The van der Waals surface area contributed by atoms with Gasteiger partial charge >= 0.3 is 5.97 Å². The molecule has 4 heteroatoms. The largest absolute Gasteiger partial charge is 0.481 e. The fourth-order valence-corrected chi connectivity index (χ4v) is 1.92. The van der Waals surface area contributed by atoms with E-state index in [1.807, 2.05) is 29.0 Å². The zero-order chi connectivity index (χ0) is 12.3. The van der Waals surface area contributed by atoms with Crippen molar-refractivity contribution >= 4 is 16.9 Å². The van der Waals surface area contributed by atoms with Crippen molar-refractivity contribution in [2.75, 3.05) is 0 Å². The van der Waals surface area contributed by atoms with Gasteiger partial charge in [-0.15, -0.1) is 0 Å². The maximum atomic E-state index is 10.4. The van der Waals surface area contributed by atoms with Gasteiger partial charge in [-0.25, -0.2) is 0 Å². The molecule has 0 saturated heterocycles. The van der Waals surface area contributed by atoms with Crippen LogP contribution in [0.1, 0.15) is 18.4 Å².